The molecule has 0 saturated heterocycles. The first kappa shape index (κ1) is 23.0. The molecule has 4 heteroatoms. The number of rotatable bonds is 9. The van der Waals surface area contributed by atoms with E-state index in [9.17, 15) is 9.59 Å². The smallest absolute Gasteiger partial charge is 0.233 e. The molecule has 0 N–H and O–H groups in total. The fourth-order valence-electron chi connectivity index (χ4n) is 3.83. The summed E-state index contributed by atoms with van der Waals surface area (Å²) in [5, 5.41) is 0. The molecule has 0 aliphatic carbocycles. The minimum atomic E-state index is -0.534. The van der Waals surface area contributed by atoms with E-state index in [1.54, 1.807) is 50.6 Å². The molecular weight excluding hydrogens is 424 g/mol. The lowest BCUT2D eigenvalue weighted by molar-refractivity contribution is 0.0817. The van der Waals surface area contributed by atoms with Crippen molar-refractivity contribution in [1.82, 2.24) is 0 Å². The maximum absolute atomic E-state index is 12.9. The summed E-state index contributed by atoms with van der Waals surface area (Å²) in [7, 11) is 3.22. The van der Waals surface area contributed by atoms with Crippen LogP contribution in [-0.4, -0.2) is 25.8 Å². The Bertz CT molecular complexity index is 1290. The summed E-state index contributed by atoms with van der Waals surface area (Å²) in [5.41, 5.74) is 5.09. The molecule has 0 amide bonds. The minimum absolute atomic E-state index is 0.344. The van der Waals surface area contributed by atoms with Crippen molar-refractivity contribution in [2.24, 2.45) is 0 Å². The van der Waals surface area contributed by atoms with E-state index in [0.29, 0.717) is 16.9 Å². The van der Waals surface area contributed by atoms with Gasteiger partial charge in [-0.3, -0.25) is 9.59 Å². The van der Waals surface area contributed by atoms with Crippen molar-refractivity contribution in [3.63, 3.8) is 0 Å². The van der Waals surface area contributed by atoms with Crippen molar-refractivity contribution >= 4 is 11.6 Å². The van der Waals surface area contributed by atoms with Crippen LogP contribution in [0.4, 0.5) is 0 Å². The molecule has 0 heterocycles. The van der Waals surface area contributed by atoms with Crippen LogP contribution in [0.3, 0.4) is 0 Å². The van der Waals surface area contributed by atoms with E-state index in [0.717, 1.165) is 29.7 Å². The highest BCUT2D eigenvalue weighted by Crippen LogP contribution is 2.24. The van der Waals surface area contributed by atoms with Gasteiger partial charge in [0.25, 0.3) is 0 Å². The van der Waals surface area contributed by atoms with Crippen molar-refractivity contribution < 1.29 is 19.1 Å². The Kier molecular flexibility index (Phi) is 7.19. The van der Waals surface area contributed by atoms with Gasteiger partial charge in [-0.2, -0.15) is 0 Å². The first-order valence-electron chi connectivity index (χ1n) is 11.1. The zero-order valence-corrected chi connectivity index (χ0v) is 19.3. The molecule has 0 aliphatic heterocycles. The number of carbonyl (C=O) groups is 2. The average molecular weight is 451 g/mol. The number of hydrogen-bond donors (Lipinski definition) is 0. The summed E-state index contributed by atoms with van der Waals surface area (Å²) >= 11 is 0. The van der Waals surface area contributed by atoms with Crippen LogP contribution in [0.1, 0.15) is 31.8 Å². The van der Waals surface area contributed by atoms with E-state index in [1.165, 1.54) is 11.1 Å². The quantitative estimate of drug-likeness (QED) is 0.224. The Labute approximate surface area is 199 Å². The predicted octanol–water partition coefficient (Wildman–Crippen LogP) is 6.22. The zero-order chi connectivity index (χ0) is 23.9. The van der Waals surface area contributed by atoms with Crippen molar-refractivity contribution in [3.8, 4) is 22.6 Å². The summed E-state index contributed by atoms with van der Waals surface area (Å²) in [6, 6.07) is 30.2. The third-order valence-electron chi connectivity index (χ3n) is 5.80. The highest BCUT2D eigenvalue weighted by molar-refractivity contribution is 6.49. The molecule has 4 aromatic carbocycles. The van der Waals surface area contributed by atoms with Crippen LogP contribution in [-0.2, 0) is 12.8 Å². The Morgan fingerprint density at radius 2 is 1.09 bits per heavy atom. The maximum atomic E-state index is 12.9. The minimum Gasteiger partial charge on any atom is -0.497 e. The summed E-state index contributed by atoms with van der Waals surface area (Å²) in [6.45, 7) is 0. The molecule has 0 fully saturated rings. The molecule has 0 bridgehead atoms. The van der Waals surface area contributed by atoms with E-state index >= 15 is 0 Å². The highest BCUT2D eigenvalue weighted by atomic mass is 16.5. The van der Waals surface area contributed by atoms with Crippen molar-refractivity contribution in [2.75, 3.05) is 14.2 Å². The van der Waals surface area contributed by atoms with E-state index in [4.69, 9.17) is 9.47 Å². The molecule has 4 aromatic rings. The molecule has 0 saturated carbocycles. The number of ether oxygens (including phenoxy) is 2. The van der Waals surface area contributed by atoms with Crippen molar-refractivity contribution in [1.29, 1.82) is 0 Å². The second-order valence-electron chi connectivity index (χ2n) is 8.02. The number of ketones is 2. The fraction of sp³-hybridized carbons (Fsp3) is 0.133. The van der Waals surface area contributed by atoms with E-state index in [1.807, 2.05) is 36.4 Å². The predicted molar refractivity (Wildman–Crippen MR) is 134 cm³/mol. The molecule has 0 atom stereocenters. The largest absolute Gasteiger partial charge is 0.497 e. The highest BCUT2D eigenvalue weighted by Gasteiger charge is 2.19. The molecule has 0 aliphatic rings. The second kappa shape index (κ2) is 10.6. The molecule has 0 aromatic heterocycles. The molecule has 0 unspecified atom stereocenters. The van der Waals surface area contributed by atoms with Gasteiger partial charge in [-0.05, 0) is 77.6 Å². The lowest BCUT2D eigenvalue weighted by Gasteiger charge is -2.08. The summed E-state index contributed by atoms with van der Waals surface area (Å²) in [6.07, 6.45) is 1.82. The van der Waals surface area contributed by atoms with Gasteiger partial charge in [0.2, 0.25) is 11.6 Å². The second-order valence-corrected chi connectivity index (χ2v) is 8.02. The standard InChI is InChI=1S/C30H26O4/c1-33-27-15-11-21(12-16-27)9-10-22-5-3-6-24(19-22)25-7-4-8-26(20-25)30(32)29(31)23-13-17-28(34-2)18-14-23/h3-8,11-20H,9-10H2,1-2H3. The first-order valence-corrected chi connectivity index (χ1v) is 11.1. The third kappa shape index (κ3) is 5.41. The molecule has 0 spiro atoms. The summed E-state index contributed by atoms with van der Waals surface area (Å²) in [4.78, 5) is 25.6. The van der Waals surface area contributed by atoms with Gasteiger partial charge in [0.05, 0.1) is 14.2 Å². The van der Waals surface area contributed by atoms with Crippen molar-refractivity contribution in [2.45, 2.75) is 12.8 Å². The first-order chi connectivity index (χ1) is 16.6. The Morgan fingerprint density at radius 3 is 1.74 bits per heavy atom. The normalized spacial score (nSPS) is 10.5. The monoisotopic (exact) mass is 450 g/mol. The topological polar surface area (TPSA) is 52.6 Å². The molecule has 4 rings (SSSR count). The van der Waals surface area contributed by atoms with Gasteiger partial charge >= 0.3 is 0 Å². The number of benzene rings is 4. The van der Waals surface area contributed by atoms with E-state index in [2.05, 4.69) is 24.3 Å². The Hall–Kier alpha value is -4.18. The average Bonchev–Trinajstić information content (AvgIpc) is 2.91. The fourth-order valence-corrected chi connectivity index (χ4v) is 3.83. The molecule has 34 heavy (non-hydrogen) atoms. The third-order valence-corrected chi connectivity index (χ3v) is 5.80. The summed E-state index contributed by atoms with van der Waals surface area (Å²) < 4.78 is 10.3. The van der Waals surface area contributed by atoms with Gasteiger partial charge in [0.15, 0.2) is 0 Å². The van der Waals surface area contributed by atoms with Gasteiger partial charge in [-0.15, -0.1) is 0 Å². The lowest BCUT2D eigenvalue weighted by atomic mass is 9.95. The van der Waals surface area contributed by atoms with Gasteiger partial charge in [0.1, 0.15) is 11.5 Å². The van der Waals surface area contributed by atoms with Gasteiger partial charge in [0, 0.05) is 11.1 Å². The van der Waals surface area contributed by atoms with E-state index in [-0.39, 0.29) is 0 Å². The number of methoxy groups -OCH3 is 2. The van der Waals surface area contributed by atoms with Crippen molar-refractivity contribution in [3.05, 3.63) is 119 Å². The van der Waals surface area contributed by atoms with Crippen LogP contribution >= 0.6 is 0 Å². The van der Waals surface area contributed by atoms with Crippen LogP contribution in [0.25, 0.3) is 11.1 Å². The molecule has 0 radical (unpaired) electrons. The SMILES string of the molecule is COc1ccc(CCc2cccc(-c3cccc(C(=O)C(=O)c4ccc(OC)cc4)c3)c2)cc1. The van der Waals surface area contributed by atoms with Gasteiger partial charge in [-0.25, -0.2) is 0 Å². The number of carbonyl (C=O) groups excluding carboxylic acids is 2. The van der Waals surface area contributed by atoms with E-state index < -0.39 is 11.6 Å². The van der Waals surface area contributed by atoms with Gasteiger partial charge in [-0.1, -0.05) is 54.6 Å². The Morgan fingerprint density at radius 1 is 0.559 bits per heavy atom. The van der Waals surface area contributed by atoms with Crippen LogP contribution < -0.4 is 9.47 Å². The number of aryl methyl sites for hydroxylation is 2. The van der Waals surface area contributed by atoms with Crippen LogP contribution in [0.15, 0.2) is 97.1 Å². The molecular formula is C30H26O4. The van der Waals surface area contributed by atoms with Crippen LogP contribution in [0.2, 0.25) is 0 Å². The molecule has 4 nitrogen and oxygen atoms in total. The zero-order valence-electron chi connectivity index (χ0n) is 19.3. The van der Waals surface area contributed by atoms with Crippen LogP contribution in [0, 0.1) is 0 Å². The lowest BCUT2D eigenvalue weighted by Crippen LogP contribution is -2.14. The van der Waals surface area contributed by atoms with Crippen LogP contribution in [0.5, 0.6) is 11.5 Å². The Balaban J connectivity index is 1.49. The molecule has 170 valence electrons. The maximum Gasteiger partial charge on any atom is 0.233 e. The summed E-state index contributed by atoms with van der Waals surface area (Å²) in [5.74, 6) is 0.430. The number of hydrogen-bond acceptors (Lipinski definition) is 4. The number of Topliss-reactive ketones (excluding diaryl/α,β-unsaturated/α-hetero) is 2. The van der Waals surface area contributed by atoms with Gasteiger partial charge < -0.3 is 9.47 Å².